The van der Waals surface area contributed by atoms with Gasteiger partial charge in [-0.2, -0.15) is 4.31 Å². The first-order chi connectivity index (χ1) is 10.6. The van der Waals surface area contributed by atoms with Gasteiger partial charge in [-0.15, -0.1) is 0 Å². The first-order valence-electron chi connectivity index (χ1n) is 7.38. The fourth-order valence-electron chi connectivity index (χ4n) is 2.95. The Morgan fingerprint density at radius 1 is 0.909 bits per heavy atom. The Bertz CT molecular complexity index is 738. The first-order valence-corrected chi connectivity index (χ1v) is 9.20. The van der Waals surface area contributed by atoms with E-state index in [1.165, 1.54) is 5.56 Å². The Hall–Kier alpha value is -1.36. The van der Waals surface area contributed by atoms with Crippen LogP contribution in [0, 0.1) is 0 Å². The molecule has 0 N–H and O–H groups in total. The first kappa shape index (κ1) is 15.5. The van der Waals surface area contributed by atoms with Gasteiger partial charge in [-0.1, -0.05) is 54.1 Å². The van der Waals surface area contributed by atoms with Gasteiger partial charge in [0.1, 0.15) is 4.90 Å². The highest BCUT2D eigenvalue weighted by Crippen LogP contribution is 2.32. The maximum atomic E-state index is 12.7. The molecule has 1 aliphatic rings. The number of hydrogen-bond acceptors (Lipinski definition) is 2. The maximum Gasteiger partial charge on any atom is 0.244 e. The fourth-order valence-corrected chi connectivity index (χ4v) is 4.91. The summed E-state index contributed by atoms with van der Waals surface area (Å²) in [7, 11) is -3.50. The second-order valence-corrected chi connectivity index (χ2v) is 7.83. The minimum Gasteiger partial charge on any atom is -0.207 e. The lowest BCUT2D eigenvalue weighted by Crippen LogP contribution is -2.38. The van der Waals surface area contributed by atoms with Gasteiger partial charge in [-0.25, -0.2) is 8.42 Å². The minimum atomic E-state index is -3.50. The lowest BCUT2D eigenvalue weighted by atomic mass is 9.90. The SMILES string of the molecule is O=S(=O)(c1ccccc1Cl)N1CCC(c2ccccc2)CC1. The van der Waals surface area contributed by atoms with Gasteiger partial charge in [0.25, 0.3) is 0 Å². The Labute approximate surface area is 136 Å². The zero-order valence-electron chi connectivity index (χ0n) is 12.2. The van der Waals surface area contributed by atoms with E-state index in [-0.39, 0.29) is 9.92 Å². The molecule has 0 saturated carbocycles. The van der Waals surface area contributed by atoms with Crippen LogP contribution in [0.1, 0.15) is 24.3 Å². The highest BCUT2D eigenvalue weighted by Gasteiger charge is 2.30. The number of hydrogen-bond donors (Lipinski definition) is 0. The predicted molar refractivity (Wildman–Crippen MR) is 88.6 cm³/mol. The number of rotatable bonds is 3. The molecule has 3 nitrogen and oxygen atoms in total. The molecule has 2 aromatic carbocycles. The summed E-state index contributed by atoms with van der Waals surface area (Å²) < 4.78 is 26.9. The largest absolute Gasteiger partial charge is 0.244 e. The molecule has 0 aromatic heterocycles. The minimum absolute atomic E-state index is 0.204. The molecule has 1 saturated heterocycles. The smallest absolute Gasteiger partial charge is 0.207 e. The molecule has 2 aromatic rings. The van der Waals surface area contributed by atoms with Gasteiger partial charge in [-0.3, -0.25) is 0 Å². The van der Waals surface area contributed by atoms with Gasteiger partial charge in [0, 0.05) is 13.1 Å². The molecule has 0 spiro atoms. The van der Waals surface area contributed by atoms with Crippen molar-refractivity contribution in [1.82, 2.24) is 4.31 Å². The second-order valence-electron chi connectivity index (χ2n) is 5.52. The van der Waals surface area contributed by atoms with E-state index in [2.05, 4.69) is 12.1 Å². The molecule has 0 radical (unpaired) electrons. The van der Waals surface area contributed by atoms with Crippen molar-refractivity contribution in [2.75, 3.05) is 13.1 Å². The fraction of sp³-hybridized carbons (Fsp3) is 0.294. The van der Waals surface area contributed by atoms with E-state index >= 15 is 0 Å². The van der Waals surface area contributed by atoms with Gasteiger partial charge in [-0.05, 0) is 36.5 Å². The third-order valence-corrected chi connectivity index (χ3v) is 6.58. The summed E-state index contributed by atoms with van der Waals surface area (Å²) in [5.41, 5.74) is 1.29. The van der Waals surface area contributed by atoms with Crippen molar-refractivity contribution in [1.29, 1.82) is 0 Å². The van der Waals surface area contributed by atoms with Crippen LogP contribution in [0.2, 0.25) is 5.02 Å². The van der Waals surface area contributed by atoms with Crippen molar-refractivity contribution < 1.29 is 8.42 Å². The Balaban J connectivity index is 1.75. The summed E-state index contributed by atoms with van der Waals surface area (Å²) in [6.45, 7) is 1.07. The third-order valence-electron chi connectivity index (χ3n) is 4.18. The van der Waals surface area contributed by atoms with Gasteiger partial charge in [0.2, 0.25) is 10.0 Å². The van der Waals surface area contributed by atoms with Crippen molar-refractivity contribution in [3.05, 3.63) is 65.2 Å². The van der Waals surface area contributed by atoms with Crippen molar-refractivity contribution in [2.24, 2.45) is 0 Å². The van der Waals surface area contributed by atoms with Crippen LogP contribution >= 0.6 is 11.6 Å². The van der Waals surface area contributed by atoms with Crippen LogP contribution in [0.3, 0.4) is 0 Å². The van der Waals surface area contributed by atoms with E-state index < -0.39 is 10.0 Å². The van der Waals surface area contributed by atoms with Crippen molar-refractivity contribution in [3.8, 4) is 0 Å². The highest BCUT2D eigenvalue weighted by atomic mass is 35.5. The average molecular weight is 336 g/mol. The quantitative estimate of drug-likeness (QED) is 0.852. The topological polar surface area (TPSA) is 37.4 Å². The molecule has 3 rings (SSSR count). The lowest BCUT2D eigenvalue weighted by Gasteiger charge is -2.31. The summed E-state index contributed by atoms with van der Waals surface area (Å²) in [4.78, 5) is 0.204. The molecule has 0 unspecified atom stereocenters. The number of halogens is 1. The molecule has 0 aliphatic carbocycles. The van der Waals surface area contributed by atoms with Gasteiger partial charge < -0.3 is 0 Å². The van der Waals surface area contributed by atoms with Gasteiger partial charge >= 0.3 is 0 Å². The molecule has 1 fully saturated rings. The Kier molecular flexibility index (Phi) is 4.52. The number of sulfonamides is 1. The highest BCUT2D eigenvalue weighted by molar-refractivity contribution is 7.89. The summed E-state index contributed by atoms with van der Waals surface area (Å²) >= 11 is 6.05. The number of benzene rings is 2. The van der Waals surface area contributed by atoms with Gasteiger partial charge in [0.15, 0.2) is 0 Å². The van der Waals surface area contributed by atoms with E-state index in [1.54, 1.807) is 28.6 Å². The van der Waals surface area contributed by atoms with Crippen molar-refractivity contribution >= 4 is 21.6 Å². The van der Waals surface area contributed by atoms with Crippen LogP contribution in [-0.4, -0.2) is 25.8 Å². The molecule has 0 atom stereocenters. The van der Waals surface area contributed by atoms with Crippen LogP contribution in [0.4, 0.5) is 0 Å². The van der Waals surface area contributed by atoms with E-state index in [4.69, 9.17) is 11.6 Å². The lowest BCUT2D eigenvalue weighted by molar-refractivity contribution is 0.319. The number of nitrogens with zero attached hydrogens (tertiary/aromatic N) is 1. The van der Waals surface area contributed by atoms with Crippen LogP contribution < -0.4 is 0 Å². The summed E-state index contributed by atoms with van der Waals surface area (Å²) in [6.07, 6.45) is 1.68. The normalized spacial score (nSPS) is 17.5. The molecule has 0 amide bonds. The molecule has 5 heteroatoms. The molecule has 116 valence electrons. The van der Waals surface area contributed by atoms with E-state index in [0.717, 1.165) is 12.8 Å². The molecule has 22 heavy (non-hydrogen) atoms. The van der Waals surface area contributed by atoms with Crippen LogP contribution in [0.5, 0.6) is 0 Å². The molecule has 1 heterocycles. The number of piperidine rings is 1. The zero-order chi connectivity index (χ0) is 15.6. The summed E-state index contributed by atoms with van der Waals surface area (Å²) in [5, 5.41) is 0.285. The zero-order valence-corrected chi connectivity index (χ0v) is 13.7. The molecular formula is C17H18ClNO2S. The monoisotopic (exact) mass is 335 g/mol. The molecule has 0 bridgehead atoms. The average Bonchev–Trinajstić information content (AvgIpc) is 2.56. The second kappa shape index (κ2) is 6.41. The van der Waals surface area contributed by atoms with Crippen LogP contribution in [0.15, 0.2) is 59.5 Å². The summed E-state index contributed by atoms with van der Waals surface area (Å²) in [5.74, 6) is 0.430. The van der Waals surface area contributed by atoms with E-state index in [0.29, 0.717) is 19.0 Å². The van der Waals surface area contributed by atoms with E-state index in [1.807, 2.05) is 18.2 Å². The predicted octanol–water partition coefficient (Wildman–Crippen LogP) is 3.91. The Morgan fingerprint density at radius 3 is 2.14 bits per heavy atom. The van der Waals surface area contributed by atoms with E-state index in [9.17, 15) is 8.42 Å². The molecule has 1 aliphatic heterocycles. The van der Waals surface area contributed by atoms with Crippen LogP contribution in [0.25, 0.3) is 0 Å². The standard InChI is InChI=1S/C17H18ClNO2S/c18-16-8-4-5-9-17(16)22(20,21)19-12-10-15(11-13-19)14-6-2-1-3-7-14/h1-9,15H,10-13H2. The van der Waals surface area contributed by atoms with Crippen LogP contribution in [-0.2, 0) is 10.0 Å². The Morgan fingerprint density at radius 2 is 1.50 bits per heavy atom. The van der Waals surface area contributed by atoms with Crippen molar-refractivity contribution in [3.63, 3.8) is 0 Å². The molecular weight excluding hydrogens is 318 g/mol. The van der Waals surface area contributed by atoms with Crippen molar-refractivity contribution in [2.45, 2.75) is 23.7 Å². The van der Waals surface area contributed by atoms with Gasteiger partial charge in [0.05, 0.1) is 5.02 Å². The summed E-state index contributed by atoms with van der Waals surface area (Å²) in [6, 6.07) is 16.9. The maximum absolute atomic E-state index is 12.7. The third kappa shape index (κ3) is 3.05.